The van der Waals surface area contributed by atoms with Gasteiger partial charge in [-0.3, -0.25) is 9.69 Å². The number of likely N-dealkylation sites (tertiary alicyclic amines) is 1. The Hall–Kier alpha value is -1.35. The predicted molar refractivity (Wildman–Crippen MR) is 123 cm³/mol. The molecular formula is C20H34IN5O. The molecular weight excluding hydrogens is 453 g/mol. The zero-order chi connectivity index (χ0) is 18.8. The highest BCUT2D eigenvalue weighted by Gasteiger charge is 2.17. The van der Waals surface area contributed by atoms with Crippen LogP contribution in [0.2, 0.25) is 0 Å². The second-order valence-corrected chi connectivity index (χ2v) is 6.91. The summed E-state index contributed by atoms with van der Waals surface area (Å²) < 4.78 is 0. The van der Waals surface area contributed by atoms with E-state index in [0.717, 1.165) is 45.6 Å². The number of nitrogens with one attached hydrogen (secondary N) is 2. The minimum atomic E-state index is 0. The summed E-state index contributed by atoms with van der Waals surface area (Å²) in [5.74, 6) is 0.828. The van der Waals surface area contributed by atoms with Crippen LogP contribution in [-0.4, -0.2) is 67.5 Å². The second-order valence-electron chi connectivity index (χ2n) is 6.91. The third-order valence-corrected chi connectivity index (χ3v) is 4.77. The van der Waals surface area contributed by atoms with Gasteiger partial charge in [0.05, 0.1) is 0 Å². The van der Waals surface area contributed by atoms with Gasteiger partial charge in [0.1, 0.15) is 6.54 Å². The van der Waals surface area contributed by atoms with Crippen LogP contribution >= 0.6 is 24.0 Å². The third kappa shape index (κ3) is 8.47. The first kappa shape index (κ1) is 23.7. The van der Waals surface area contributed by atoms with Crippen molar-refractivity contribution in [1.82, 2.24) is 20.4 Å². The molecule has 27 heavy (non-hydrogen) atoms. The Bertz CT molecular complexity index is 575. The Morgan fingerprint density at radius 3 is 2.52 bits per heavy atom. The number of aliphatic imine (C=N–C) groups is 1. The van der Waals surface area contributed by atoms with Crippen molar-refractivity contribution in [3.63, 3.8) is 0 Å². The highest BCUT2D eigenvalue weighted by atomic mass is 127. The summed E-state index contributed by atoms with van der Waals surface area (Å²) in [6, 6.07) is 10.8. The van der Waals surface area contributed by atoms with Crippen molar-refractivity contribution in [2.24, 2.45) is 4.99 Å². The van der Waals surface area contributed by atoms with E-state index in [1.165, 1.54) is 5.56 Å². The Balaban J connectivity index is 0.00000364. The molecule has 6 nitrogen and oxygen atoms in total. The van der Waals surface area contributed by atoms with Crippen molar-refractivity contribution in [3.05, 3.63) is 35.9 Å². The van der Waals surface area contributed by atoms with Crippen LogP contribution in [0.5, 0.6) is 0 Å². The molecule has 2 rings (SSSR count). The van der Waals surface area contributed by atoms with E-state index in [4.69, 9.17) is 0 Å². The van der Waals surface area contributed by atoms with E-state index < -0.39 is 0 Å². The second kappa shape index (κ2) is 12.9. The van der Waals surface area contributed by atoms with Gasteiger partial charge in [0, 0.05) is 38.8 Å². The van der Waals surface area contributed by atoms with Gasteiger partial charge in [-0.15, -0.1) is 24.0 Å². The highest BCUT2D eigenvalue weighted by Crippen LogP contribution is 2.07. The molecule has 1 aromatic carbocycles. The number of benzene rings is 1. The number of hydrogen-bond acceptors (Lipinski definition) is 3. The first-order valence-corrected chi connectivity index (χ1v) is 9.64. The van der Waals surface area contributed by atoms with Gasteiger partial charge in [-0.2, -0.15) is 0 Å². The van der Waals surface area contributed by atoms with Crippen LogP contribution in [0.1, 0.15) is 32.3 Å². The van der Waals surface area contributed by atoms with Gasteiger partial charge in [0.15, 0.2) is 5.96 Å². The summed E-state index contributed by atoms with van der Waals surface area (Å²) in [6.45, 7) is 8.64. The van der Waals surface area contributed by atoms with E-state index in [1.807, 2.05) is 17.9 Å². The van der Waals surface area contributed by atoms with Gasteiger partial charge >= 0.3 is 0 Å². The van der Waals surface area contributed by atoms with E-state index in [2.05, 4.69) is 58.8 Å². The van der Waals surface area contributed by atoms with Crippen LogP contribution in [0.4, 0.5) is 0 Å². The standard InChI is InChI=1S/C20H33N5O.HI/c1-4-21-20(23-15-19(26)25-12-8-9-13-25)22-14-17(2)24(3)16-18-10-6-5-7-11-18;/h5-7,10-11,17H,4,8-9,12-16H2,1-3H3,(H2,21,22,23);1H. The van der Waals surface area contributed by atoms with Gasteiger partial charge in [0.2, 0.25) is 5.91 Å². The summed E-state index contributed by atoms with van der Waals surface area (Å²) >= 11 is 0. The number of rotatable bonds is 8. The molecule has 1 aliphatic heterocycles. The number of nitrogens with zero attached hydrogens (tertiary/aromatic N) is 3. The molecule has 1 unspecified atom stereocenters. The third-order valence-electron chi connectivity index (χ3n) is 4.77. The van der Waals surface area contributed by atoms with E-state index in [9.17, 15) is 4.79 Å². The molecule has 0 radical (unpaired) electrons. The maximum Gasteiger partial charge on any atom is 0.244 e. The SMILES string of the molecule is CCNC(=NCC(=O)N1CCCC1)NCC(C)N(C)Cc1ccccc1.I. The fourth-order valence-corrected chi connectivity index (χ4v) is 2.98. The topological polar surface area (TPSA) is 60.0 Å². The molecule has 1 aliphatic rings. The summed E-state index contributed by atoms with van der Waals surface area (Å²) in [4.78, 5) is 20.8. The van der Waals surface area contributed by atoms with E-state index >= 15 is 0 Å². The van der Waals surface area contributed by atoms with Crippen molar-refractivity contribution < 1.29 is 4.79 Å². The number of carbonyl (C=O) groups excluding carboxylic acids is 1. The lowest BCUT2D eigenvalue weighted by molar-refractivity contribution is -0.128. The van der Waals surface area contributed by atoms with Crippen LogP contribution in [0, 0.1) is 0 Å². The average molecular weight is 487 g/mol. The molecule has 1 amide bonds. The molecule has 0 aromatic heterocycles. The largest absolute Gasteiger partial charge is 0.357 e. The molecule has 1 saturated heterocycles. The Morgan fingerprint density at radius 2 is 1.89 bits per heavy atom. The summed E-state index contributed by atoms with van der Waals surface area (Å²) in [5.41, 5.74) is 1.30. The minimum Gasteiger partial charge on any atom is -0.357 e. The molecule has 0 bridgehead atoms. The van der Waals surface area contributed by atoms with Crippen LogP contribution < -0.4 is 10.6 Å². The van der Waals surface area contributed by atoms with Gasteiger partial charge in [0.25, 0.3) is 0 Å². The molecule has 1 heterocycles. The zero-order valence-corrected chi connectivity index (χ0v) is 19.1. The van der Waals surface area contributed by atoms with Crippen molar-refractivity contribution in [2.45, 2.75) is 39.3 Å². The van der Waals surface area contributed by atoms with Crippen molar-refractivity contribution >= 4 is 35.8 Å². The number of guanidine groups is 1. The first-order chi connectivity index (χ1) is 12.6. The average Bonchev–Trinajstić information content (AvgIpc) is 3.19. The summed E-state index contributed by atoms with van der Waals surface area (Å²) in [6.07, 6.45) is 2.22. The lowest BCUT2D eigenvalue weighted by Gasteiger charge is -2.26. The summed E-state index contributed by atoms with van der Waals surface area (Å²) in [5, 5.41) is 6.58. The van der Waals surface area contributed by atoms with Gasteiger partial charge in [-0.05, 0) is 39.3 Å². The predicted octanol–water partition coefficient (Wildman–Crippen LogP) is 2.30. The molecule has 0 saturated carbocycles. The molecule has 152 valence electrons. The zero-order valence-electron chi connectivity index (χ0n) is 16.8. The maximum atomic E-state index is 12.2. The quantitative estimate of drug-likeness (QED) is 0.336. The Labute approximate surface area is 180 Å². The fraction of sp³-hybridized carbons (Fsp3) is 0.600. The monoisotopic (exact) mass is 487 g/mol. The van der Waals surface area contributed by atoms with Crippen LogP contribution in [-0.2, 0) is 11.3 Å². The molecule has 1 aromatic rings. The van der Waals surface area contributed by atoms with Crippen molar-refractivity contribution in [2.75, 3.05) is 39.8 Å². The molecule has 1 atom stereocenters. The number of amides is 1. The van der Waals surface area contributed by atoms with Gasteiger partial charge in [-0.25, -0.2) is 4.99 Å². The number of carbonyl (C=O) groups is 1. The lowest BCUT2D eigenvalue weighted by atomic mass is 10.2. The molecule has 0 spiro atoms. The van der Waals surface area contributed by atoms with E-state index in [-0.39, 0.29) is 36.4 Å². The number of likely N-dealkylation sites (N-methyl/N-ethyl adjacent to an activating group) is 1. The lowest BCUT2D eigenvalue weighted by Crippen LogP contribution is -2.45. The molecule has 1 fully saturated rings. The van der Waals surface area contributed by atoms with Gasteiger partial charge in [-0.1, -0.05) is 30.3 Å². The van der Waals surface area contributed by atoms with Crippen molar-refractivity contribution in [3.8, 4) is 0 Å². The number of hydrogen-bond donors (Lipinski definition) is 2. The highest BCUT2D eigenvalue weighted by molar-refractivity contribution is 14.0. The fourth-order valence-electron chi connectivity index (χ4n) is 2.98. The van der Waals surface area contributed by atoms with E-state index in [1.54, 1.807) is 0 Å². The first-order valence-electron chi connectivity index (χ1n) is 9.64. The molecule has 7 heteroatoms. The van der Waals surface area contributed by atoms with Gasteiger partial charge < -0.3 is 15.5 Å². The van der Waals surface area contributed by atoms with Crippen LogP contribution in [0.15, 0.2) is 35.3 Å². The van der Waals surface area contributed by atoms with E-state index in [0.29, 0.717) is 12.0 Å². The van der Waals surface area contributed by atoms with Crippen LogP contribution in [0.25, 0.3) is 0 Å². The maximum absolute atomic E-state index is 12.2. The normalized spacial score (nSPS) is 15.4. The molecule has 0 aliphatic carbocycles. The minimum absolute atomic E-state index is 0. The Kier molecular flexibility index (Phi) is 11.3. The number of halogens is 1. The van der Waals surface area contributed by atoms with Crippen molar-refractivity contribution in [1.29, 1.82) is 0 Å². The molecule has 2 N–H and O–H groups in total. The smallest absolute Gasteiger partial charge is 0.244 e. The summed E-state index contributed by atoms with van der Waals surface area (Å²) in [7, 11) is 2.13. The Morgan fingerprint density at radius 1 is 1.22 bits per heavy atom. The van der Waals surface area contributed by atoms with Crippen LogP contribution in [0.3, 0.4) is 0 Å².